The van der Waals surface area contributed by atoms with Gasteiger partial charge < -0.3 is 19.3 Å². The number of aliphatic hydroxyl groups is 1. The first-order valence-electron chi connectivity index (χ1n) is 7.70. The SMILES string of the molecule is CSc1ccccc1OCc1cc(C(=O)N(CCO)C(C)C)no1. The number of amides is 1. The van der Waals surface area contributed by atoms with Gasteiger partial charge in [0.05, 0.1) is 6.61 Å². The number of hydrogen-bond donors (Lipinski definition) is 1. The van der Waals surface area contributed by atoms with Gasteiger partial charge in [0.15, 0.2) is 11.5 Å². The number of benzene rings is 1. The van der Waals surface area contributed by atoms with Crippen molar-refractivity contribution in [2.24, 2.45) is 0 Å². The van der Waals surface area contributed by atoms with Crippen molar-refractivity contribution in [1.29, 1.82) is 0 Å². The lowest BCUT2D eigenvalue weighted by Crippen LogP contribution is -2.39. The van der Waals surface area contributed by atoms with E-state index in [0.717, 1.165) is 10.6 Å². The molecule has 1 aromatic heterocycles. The molecule has 0 radical (unpaired) electrons. The Morgan fingerprint density at radius 2 is 2.17 bits per heavy atom. The molecule has 0 saturated heterocycles. The Hall–Kier alpha value is -1.99. The summed E-state index contributed by atoms with van der Waals surface area (Å²) in [6.45, 7) is 4.13. The maximum Gasteiger partial charge on any atom is 0.276 e. The number of aliphatic hydroxyl groups excluding tert-OH is 1. The minimum absolute atomic E-state index is 0.0329. The Balaban J connectivity index is 2.03. The van der Waals surface area contributed by atoms with E-state index in [-0.39, 0.29) is 37.4 Å². The molecule has 0 aliphatic heterocycles. The molecule has 0 unspecified atom stereocenters. The Kier molecular flexibility index (Phi) is 6.69. The Morgan fingerprint density at radius 3 is 2.83 bits per heavy atom. The van der Waals surface area contributed by atoms with Crippen molar-refractivity contribution >= 4 is 17.7 Å². The summed E-state index contributed by atoms with van der Waals surface area (Å²) in [7, 11) is 0. The molecule has 130 valence electrons. The molecule has 1 heterocycles. The number of hydrogen-bond acceptors (Lipinski definition) is 6. The molecule has 6 nitrogen and oxygen atoms in total. The molecular formula is C17H22N2O4S. The van der Waals surface area contributed by atoms with Crippen molar-refractivity contribution in [3.8, 4) is 5.75 Å². The third-order valence-electron chi connectivity index (χ3n) is 3.44. The zero-order valence-corrected chi connectivity index (χ0v) is 14.9. The van der Waals surface area contributed by atoms with E-state index in [1.54, 1.807) is 22.7 Å². The van der Waals surface area contributed by atoms with Gasteiger partial charge in [-0.2, -0.15) is 0 Å². The second-order valence-electron chi connectivity index (χ2n) is 5.43. The molecule has 1 N–H and O–H groups in total. The van der Waals surface area contributed by atoms with Gasteiger partial charge in [0.2, 0.25) is 0 Å². The normalized spacial score (nSPS) is 10.9. The smallest absolute Gasteiger partial charge is 0.276 e. The summed E-state index contributed by atoms with van der Waals surface area (Å²) in [5.74, 6) is 0.971. The van der Waals surface area contributed by atoms with Gasteiger partial charge in [0.25, 0.3) is 5.91 Å². The number of aromatic nitrogens is 1. The summed E-state index contributed by atoms with van der Waals surface area (Å²) in [5, 5.41) is 12.9. The molecule has 0 fully saturated rings. The Labute approximate surface area is 145 Å². The highest BCUT2D eigenvalue weighted by atomic mass is 32.2. The number of nitrogens with zero attached hydrogens (tertiary/aromatic N) is 2. The van der Waals surface area contributed by atoms with Gasteiger partial charge in [-0.3, -0.25) is 4.79 Å². The van der Waals surface area contributed by atoms with Crippen LogP contribution in [0.15, 0.2) is 39.8 Å². The van der Waals surface area contributed by atoms with Crippen molar-refractivity contribution in [1.82, 2.24) is 10.1 Å². The second kappa shape index (κ2) is 8.75. The molecule has 0 saturated carbocycles. The minimum atomic E-state index is -0.265. The van der Waals surface area contributed by atoms with Crippen molar-refractivity contribution < 1.29 is 19.2 Å². The molecule has 2 aromatic rings. The minimum Gasteiger partial charge on any atom is -0.484 e. The third-order valence-corrected chi connectivity index (χ3v) is 4.22. The third kappa shape index (κ3) is 4.52. The van der Waals surface area contributed by atoms with Crippen LogP contribution in [0.5, 0.6) is 5.75 Å². The summed E-state index contributed by atoms with van der Waals surface area (Å²) in [6, 6.07) is 9.26. The zero-order chi connectivity index (χ0) is 17.5. The van der Waals surface area contributed by atoms with Crippen LogP contribution in [-0.2, 0) is 6.61 Å². The van der Waals surface area contributed by atoms with Crippen molar-refractivity contribution in [3.05, 3.63) is 41.8 Å². The van der Waals surface area contributed by atoms with E-state index in [1.807, 2.05) is 44.4 Å². The molecule has 0 aliphatic rings. The molecule has 1 amide bonds. The number of ether oxygens (including phenoxy) is 1. The highest BCUT2D eigenvalue weighted by Crippen LogP contribution is 2.27. The number of para-hydroxylation sites is 1. The van der Waals surface area contributed by atoms with Gasteiger partial charge in [-0.25, -0.2) is 0 Å². The largest absolute Gasteiger partial charge is 0.484 e. The lowest BCUT2D eigenvalue weighted by molar-refractivity contribution is 0.0654. The highest BCUT2D eigenvalue weighted by molar-refractivity contribution is 7.98. The fraction of sp³-hybridized carbons (Fsp3) is 0.412. The van der Waals surface area contributed by atoms with Gasteiger partial charge in [0.1, 0.15) is 12.4 Å². The first-order chi connectivity index (χ1) is 11.6. The monoisotopic (exact) mass is 350 g/mol. The fourth-order valence-electron chi connectivity index (χ4n) is 2.22. The van der Waals surface area contributed by atoms with Crippen LogP contribution in [0, 0.1) is 0 Å². The second-order valence-corrected chi connectivity index (χ2v) is 6.28. The van der Waals surface area contributed by atoms with Crippen LogP contribution in [0.1, 0.15) is 30.1 Å². The van der Waals surface area contributed by atoms with Crippen molar-refractivity contribution in [2.45, 2.75) is 31.4 Å². The van der Waals surface area contributed by atoms with Crippen molar-refractivity contribution in [2.75, 3.05) is 19.4 Å². The molecule has 0 bridgehead atoms. The summed E-state index contributed by atoms with van der Waals surface area (Å²) in [4.78, 5) is 15.0. The summed E-state index contributed by atoms with van der Waals surface area (Å²) < 4.78 is 10.9. The van der Waals surface area contributed by atoms with Crippen LogP contribution in [0.25, 0.3) is 0 Å². The summed E-state index contributed by atoms with van der Waals surface area (Å²) in [6.07, 6.45) is 1.98. The fourth-order valence-corrected chi connectivity index (χ4v) is 2.76. The quantitative estimate of drug-likeness (QED) is 0.738. The molecule has 0 atom stereocenters. The average Bonchev–Trinajstić information content (AvgIpc) is 3.06. The highest BCUT2D eigenvalue weighted by Gasteiger charge is 2.22. The van der Waals surface area contributed by atoms with Gasteiger partial charge in [0, 0.05) is 23.5 Å². The van der Waals surface area contributed by atoms with E-state index in [1.165, 1.54) is 0 Å². The lowest BCUT2D eigenvalue weighted by atomic mass is 10.2. The Morgan fingerprint density at radius 1 is 1.42 bits per heavy atom. The topological polar surface area (TPSA) is 75.8 Å². The maximum absolute atomic E-state index is 12.4. The van der Waals surface area contributed by atoms with E-state index >= 15 is 0 Å². The molecule has 7 heteroatoms. The van der Waals surface area contributed by atoms with E-state index in [2.05, 4.69) is 5.16 Å². The van der Waals surface area contributed by atoms with E-state index in [4.69, 9.17) is 14.4 Å². The van der Waals surface area contributed by atoms with Crippen LogP contribution in [0.4, 0.5) is 0 Å². The van der Waals surface area contributed by atoms with Crippen LogP contribution in [0.2, 0.25) is 0 Å². The number of carbonyl (C=O) groups is 1. The molecule has 0 spiro atoms. The zero-order valence-electron chi connectivity index (χ0n) is 14.1. The van der Waals surface area contributed by atoms with Gasteiger partial charge in [-0.15, -0.1) is 11.8 Å². The predicted molar refractivity (Wildman–Crippen MR) is 92.3 cm³/mol. The molecular weight excluding hydrogens is 328 g/mol. The summed E-state index contributed by atoms with van der Waals surface area (Å²) >= 11 is 1.60. The first kappa shape index (κ1) is 18.4. The van der Waals surface area contributed by atoms with Crippen LogP contribution in [-0.4, -0.2) is 46.5 Å². The molecule has 1 aromatic carbocycles. The number of thioether (sulfide) groups is 1. The molecule has 2 rings (SSSR count). The Bertz CT molecular complexity index is 672. The van der Waals surface area contributed by atoms with E-state index < -0.39 is 0 Å². The first-order valence-corrected chi connectivity index (χ1v) is 8.92. The van der Waals surface area contributed by atoms with E-state index in [0.29, 0.717) is 5.76 Å². The molecule has 0 aliphatic carbocycles. The van der Waals surface area contributed by atoms with Crippen LogP contribution in [0.3, 0.4) is 0 Å². The number of carbonyl (C=O) groups excluding carboxylic acids is 1. The maximum atomic E-state index is 12.4. The van der Waals surface area contributed by atoms with Crippen LogP contribution >= 0.6 is 11.8 Å². The van der Waals surface area contributed by atoms with Crippen molar-refractivity contribution in [3.63, 3.8) is 0 Å². The van der Waals surface area contributed by atoms with E-state index in [9.17, 15) is 4.79 Å². The number of rotatable bonds is 8. The van der Waals surface area contributed by atoms with Gasteiger partial charge in [-0.05, 0) is 32.2 Å². The molecule has 24 heavy (non-hydrogen) atoms. The average molecular weight is 350 g/mol. The predicted octanol–water partition coefficient (Wildman–Crippen LogP) is 2.82. The van der Waals surface area contributed by atoms with Gasteiger partial charge >= 0.3 is 0 Å². The van der Waals surface area contributed by atoms with Gasteiger partial charge in [-0.1, -0.05) is 17.3 Å². The lowest BCUT2D eigenvalue weighted by Gasteiger charge is -2.24. The standard InChI is InChI=1S/C17H22N2O4S/c1-12(2)19(8-9-20)17(21)14-10-13(23-18-14)11-22-15-6-4-5-7-16(15)24-3/h4-7,10,12,20H,8-9,11H2,1-3H3. The summed E-state index contributed by atoms with van der Waals surface area (Å²) in [5.41, 5.74) is 0.217. The van der Waals surface area contributed by atoms with Crippen LogP contribution < -0.4 is 4.74 Å².